The molecule has 1 aromatic carbocycles. The summed E-state index contributed by atoms with van der Waals surface area (Å²) in [5.41, 5.74) is 0.680. The van der Waals surface area contributed by atoms with Crippen LogP contribution in [0.5, 0.6) is 0 Å². The van der Waals surface area contributed by atoms with Gasteiger partial charge in [-0.1, -0.05) is 37.5 Å². The molecule has 10 heteroatoms. The number of benzene rings is 1. The van der Waals surface area contributed by atoms with Crippen LogP contribution in [0.4, 0.5) is 0 Å². The van der Waals surface area contributed by atoms with Crippen LogP contribution in [0.3, 0.4) is 0 Å². The molecular formula is C22H36IN5O3S. The Morgan fingerprint density at radius 2 is 1.84 bits per heavy atom. The Balaban J connectivity index is 0.00000363. The highest BCUT2D eigenvalue weighted by molar-refractivity contribution is 14.0. The van der Waals surface area contributed by atoms with Gasteiger partial charge in [0, 0.05) is 52.7 Å². The SMILES string of the molecule is CN=C(NCc1ccccc1S(=O)(=O)N(C)C)NC1CCN(C(=O)C2CCCCC2)C1.I. The van der Waals surface area contributed by atoms with Crippen molar-refractivity contribution in [1.82, 2.24) is 19.8 Å². The number of carbonyl (C=O) groups is 1. The number of hydrogen-bond acceptors (Lipinski definition) is 4. The number of nitrogens with one attached hydrogen (secondary N) is 2. The van der Waals surface area contributed by atoms with E-state index in [0.29, 0.717) is 30.5 Å². The molecule has 1 atom stereocenters. The summed E-state index contributed by atoms with van der Waals surface area (Å²) in [5.74, 6) is 1.10. The molecule has 0 radical (unpaired) electrons. The maximum atomic E-state index is 12.8. The Kier molecular flexibility index (Phi) is 10.2. The van der Waals surface area contributed by atoms with Crippen LogP contribution >= 0.6 is 24.0 Å². The van der Waals surface area contributed by atoms with E-state index >= 15 is 0 Å². The Labute approximate surface area is 209 Å². The van der Waals surface area contributed by atoms with Crippen LogP contribution in [0.2, 0.25) is 0 Å². The predicted molar refractivity (Wildman–Crippen MR) is 138 cm³/mol. The molecule has 1 saturated carbocycles. The number of amides is 1. The monoisotopic (exact) mass is 577 g/mol. The van der Waals surface area contributed by atoms with E-state index in [0.717, 1.165) is 38.6 Å². The molecule has 1 saturated heterocycles. The van der Waals surface area contributed by atoms with Crippen molar-refractivity contribution in [3.8, 4) is 0 Å². The van der Waals surface area contributed by atoms with Crippen molar-refractivity contribution in [2.24, 2.45) is 10.9 Å². The minimum absolute atomic E-state index is 0. The van der Waals surface area contributed by atoms with E-state index in [2.05, 4.69) is 15.6 Å². The molecule has 1 aromatic rings. The summed E-state index contributed by atoms with van der Waals surface area (Å²) < 4.78 is 26.4. The zero-order chi connectivity index (χ0) is 22.4. The van der Waals surface area contributed by atoms with Crippen molar-refractivity contribution >= 4 is 45.9 Å². The number of hydrogen-bond donors (Lipinski definition) is 2. The molecule has 180 valence electrons. The number of rotatable bonds is 6. The van der Waals surface area contributed by atoms with Gasteiger partial charge < -0.3 is 15.5 Å². The van der Waals surface area contributed by atoms with Gasteiger partial charge in [0.15, 0.2) is 5.96 Å². The fourth-order valence-electron chi connectivity index (χ4n) is 4.35. The molecule has 0 aromatic heterocycles. The molecule has 1 aliphatic heterocycles. The lowest BCUT2D eigenvalue weighted by atomic mass is 9.88. The van der Waals surface area contributed by atoms with Crippen LogP contribution in [0, 0.1) is 5.92 Å². The maximum absolute atomic E-state index is 12.8. The van der Waals surface area contributed by atoms with E-state index in [1.54, 1.807) is 25.2 Å². The fraction of sp³-hybridized carbons (Fsp3) is 0.636. The van der Waals surface area contributed by atoms with Gasteiger partial charge in [0.25, 0.3) is 0 Å². The number of aliphatic imine (C=N–C) groups is 1. The predicted octanol–water partition coefficient (Wildman–Crippen LogP) is 2.40. The number of halogens is 1. The highest BCUT2D eigenvalue weighted by Gasteiger charge is 2.31. The molecule has 2 N–H and O–H groups in total. The van der Waals surface area contributed by atoms with Gasteiger partial charge >= 0.3 is 0 Å². The quantitative estimate of drug-likeness (QED) is 0.308. The number of carbonyl (C=O) groups excluding carboxylic acids is 1. The highest BCUT2D eigenvalue weighted by Crippen LogP contribution is 2.26. The van der Waals surface area contributed by atoms with Gasteiger partial charge in [-0.25, -0.2) is 12.7 Å². The van der Waals surface area contributed by atoms with Crippen LogP contribution in [0.15, 0.2) is 34.2 Å². The lowest BCUT2D eigenvalue weighted by Crippen LogP contribution is -2.45. The van der Waals surface area contributed by atoms with Gasteiger partial charge in [0.05, 0.1) is 4.90 Å². The fourth-order valence-corrected chi connectivity index (χ4v) is 5.47. The molecule has 8 nitrogen and oxygen atoms in total. The van der Waals surface area contributed by atoms with Crippen molar-refractivity contribution in [2.45, 2.75) is 56.0 Å². The van der Waals surface area contributed by atoms with Crippen LogP contribution in [0.1, 0.15) is 44.1 Å². The number of likely N-dealkylation sites (tertiary alicyclic amines) is 1. The van der Waals surface area contributed by atoms with E-state index < -0.39 is 10.0 Å². The molecule has 32 heavy (non-hydrogen) atoms. The molecule has 1 aliphatic carbocycles. The van der Waals surface area contributed by atoms with Gasteiger partial charge in [0.2, 0.25) is 15.9 Å². The zero-order valence-electron chi connectivity index (χ0n) is 19.2. The van der Waals surface area contributed by atoms with Crippen LogP contribution < -0.4 is 10.6 Å². The summed E-state index contributed by atoms with van der Waals surface area (Å²) in [6, 6.07) is 7.11. The standard InChI is InChI=1S/C22H35N5O3S.HI/c1-23-22(24-15-18-11-7-8-12-20(18)31(29,30)26(2)3)25-19-13-14-27(16-19)21(28)17-9-5-4-6-10-17;/h7-8,11-12,17,19H,4-6,9-10,13-16H2,1-3H3,(H2,23,24,25);1H. The molecule has 2 aliphatic rings. The summed E-state index contributed by atoms with van der Waals surface area (Å²) in [5, 5.41) is 6.61. The first-order valence-corrected chi connectivity index (χ1v) is 12.5. The summed E-state index contributed by atoms with van der Waals surface area (Å²) in [6.07, 6.45) is 6.48. The zero-order valence-corrected chi connectivity index (χ0v) is 22.4. The second-order valence-corrected chi connectivity index (χ2v) is 10.7. The lowest BCUT2D eigenvalue weighted by Gasteiger charge is -2.26. The molecule has 0 spiro atoms. The molecule has 1 heterocycles. The molecule has 1 unspecified atom stereocenters. The van der Waals surface area contributed by atoms with Gasteiger partial charge in [-0.05, 0) is 30.9 Å². The maximum Gasteiger partial charge on any atom is 0.242 e. The largest absolute Gasteiger partial charge is 0.352 e. The Morgan fingerprint density at radius 3 is 2.50 bits per heavy atom. The number of nitrogens with zero attached hydrogens (tertiary/aromatic N) is 3. The minimum Gasteiger partial charge on any atom is -0.352 e. The molecule has 1 amide bonds. The molecule has 3 rings (SSSR count). The van der Waals surface area contributed by atoms with Crippen molar-refractivity contribution in [1.29, 1.82) is 0 Å². The van der Waals surface area contributed by atoms with E-state index in [1.165, 1.54) is 24.8 Å². The first-order chi connectivity index (χ1) is 14.8. The average molecular weight is 578 g/mol. The van der Waals surface area contributed by atoms with Crippen molar-refractivity contribution in [3.05, 3.63) is 29.8 Å². The normalized spacial score (nSPS) is 20.2. The first kappa shape index (κ1) is 26.8. The Hall–Kier alpha value is -1.40. The van der Waals surface area contributed by atoms with Gasteiger partial charge in [-0.3, -0.25) is 9.79 Å². The second kappa shape index (κ2) is 12.2. The molecule has 0 bridgehead atoms. The van der Waals surface area contributed by atoms with Crippen LogP contribution in [-0.2, 0) is 21.4 Å². The van der Waals surface area contributed by atoms with Crippen molar-refractivity contribution in [2.75, 3.05) is 34.2 Å². The van der Waals surface area contributed by atoms with Crippen LogP contribution in [0.25, 0.3) is 0 Å². The van der Waals surface area contributed by atoms with E-state index in [1.807, 2.05) is 11.0 Å². The average Bonchev–Trinajstić information content (AvgIpc) is 3.25. The second-order valence-electron chi connectivity index (χ2n) is 8.57. The third kappa shape index (κ3) is 6.57. The topological polar surface area (TPSA) is 94.1 Å². The van der Waals surface area contributed by atoms with E-state index in [9.17, 15) is 13.2 Å². The lowest BCUT2D eigenvalue weighted by molar-refractivity contribution is -0.135. The van der Waals surface area contributed by atoms with Gasteiger partial charge in [0.1, 0.15) is 0 Å². The van der Waals surface area contributed by atoms with Crippen LogP contribution in [-0.4, -0.2) is 69.8 Å². The first-order valence-electron chi connectivity index (χ1n) is 11.1. The molecular weight excluding hydrogens is 541 g/mol. The van der Waals surface area contributed by atoms with Gasteiger partial charge in [-0.2, -0.15) is 0 Å². The number of guanidine groups is 1. The summed E-state index contributed by atoms with van der Waals surface area (Å²) in [4.78, 5) is 19.3. The Bertz CT molecular complexity index is 901. The van der Waals surface area contributed by atoms with E-state index in [-0.39, 0.29) is 40.8 Å². The molecule has 2 fully saturated rings. The highest BCUT2D eigenvalue weighted by atomic mass is 127. The third-order valence-electron chi connectivity index (χ3n) is 6.20. The van der Waals surface area contributed by atoms with E-state index in [4.69, 9.17) is 0 Å². The Morgan fingerprint density at radius 1 is 1.16 bits per heavy atom. The summed E-state index contributed by atoms with van der Waals surface area (Å²) in [7, 11) is 1.23. The van der Waals surface area contributed by atoms with Crippen molar-refractivity contribution in [3.63, 3.8) is 0 Å². The van der Waals surface area contributed by atoms with Gasteiger partial charge in [-0.15, -0.1) is 24.0 Å². The van der Waals surface area contributed by atoms with Crippen molar-refractivity contribution < 1.29 is 13.2 Å². The number of sulfonamides is 1. The summed E-state index contributed by atoms with van der Waals surface area (Å²) >= 11 is 0. The summed E-state index contributed by atoms with van der Waals surface area (Å²) in [6.45, 7) is 1.79. The third-order valence-corrected chi connectivity index (χ3v) is 8.11. The smallest absolute Gasteiger partial charge is 0.242 e. The minimum atomic E-state index is -3.52.